The van der Waals surface area contributed by atoms with E-state index in [1.807, 2.05) is 43.3 Å². The first-order valence-corrected chi connectivity index (χ1v) is 11.6. The highest BCUT2D eigenvalue weighted by atomic mass is 16.5. The molecule has 5 heteroatoms. The molecule has 1 heterocycles. The van der Waals surface area contributed by atoms with Crippen LogP contribution in [0.4, 0.5) is 0 Å². The van der Waals surface area contributed by atoms with Crippen LogP contribution in [0.3, 0.4) is 0 Å². The van der Waals surface area contributed by atoms with Crippen molar-refractivity contribution >= 4 is 5.97 Å². The second kappa shape index (κ2) is 10.7. The summed E-state index contributed by atoms with van der Waals surface area (Å²) in [5.41, 5.74) is 4.98. The lowest BCUT2D eigenvalue weighted by atomic mass is 9.84. The van der Waals surface area contributed by atoms with Crippen LogP contribution < -0.4 is 9.47 Å². The average Bonchev–Trinajstić information content (AvgIpc) is 3.25. The summed E-state index contributed by atoms with van der Waals surface area (Å²) in [5, 5.41) is 0. The summed E-state index contributed by atoms with van der Waals surface area (Å²) >= 11 is 0. The molecule has 3 atom stereocenters. The minimum Gasteiger partial charge on any atom is -0.493 e. The van der Waals surface area contributed by atoms with E-state index in [2.05, 4.69) is 31.2 Å². The first-order valence-electron chi connectivity index (χ1n) is 11.6. The molecule has 0 spiro atoms. The van der Waals surface area contributed by atoms with Crippen LogP contribution in [0.1, 0.15) is 38.7 Å². The van der Waals surface area contributed by atoms with Gasteiger partial charge in [-0.2, -0.15) is 0 Å². The molecule has 3 aromatic carbocycles. The molecule has 1 aliphatic rings. The van der Waals surface area contributed by atoms with Crippen LogP contribution in [-0.2, 0) is 15.9 Å². The zero-order chi connectivity index (χ0) is 24.1. The fourth-order valence-corrected chi connectivity index (χ4v) is 4.61. The van der Waals surface area contributed by atoms with Crippen molar-refractivity contribution in [2.45, 2.75) is 26.4 Å². The van der Waals surface area contributed by atoms with Crippen LogP contribution in [0.15, 0.2) is 66.7 Å². The van der Waals surface area contributed by atoms with Gasteiger partial charge in [0.15, 0.2) is 11.5 Å². The minimum absolute atomic E-state index is 0.00683. The van der Waals surface area contributed by atoms with E-state index in [9.17, 15) is 4.79 Å². The Bertz CT molecular complexity index is 1120. The number of carbonyl (C=O) groups excluding carboxylic acids is 1. The van der Waals surface area contributed by atoms with E-state index in [0.717, 1.165) is 17.5 Å². The lowest BCUT2D eigenvalue weighted by Gasteiger charge is -2.24. The van der Waals surface area contributed by atoms with E-state index in [4.69, 9.17) is 18.9 Å². The topological polar surface area (TPSA) is 54.0 Å². The summed E-state index contributed by atoms with van der Waals surface area (Å²) in [6.07, 6.45) is 0.649. The normalized spacial score (nSPS) is 19.6. The molecular weight excluding hydrogens is 428 g/mol. The van der Waals surface area contributed by atoms with Gasteiger partial charge in [-0.1, -0.05) is 54.1 Å². The van der Waals surface area contributed by atoms with E-state index in [0.29, 0.717) is 23.7 Å². The van der Waals surface area contributed by atoms with E-state index in [1.54, 1.807) is 20.3 Å². The highest BCUT2D eigenvalue weighted by Gasteiger charge is 2.39. The van der Waals surface area contributed by atoms with Crippen molar-refractivity contribution in [1.82, 2.24) is 0 Å². The summed E-state index contributed by atoms with van der Waals surface area (Å²) < 4.78 is 23.1. The number of methoxy groups -OCH3 is 2. The molecule has 34 heavy (non-hydrogen) atoms. The number of aryl methyl sites for hydroxylation is 2. The fourth-order valence-electron chi connectivity index (χ4n) is 4.61. The Kier molecular flexibility index (Phi) is 7.53. The Morgan fingerprint density at radius 1 is 0.941 bits per heavy atom. The highest BCUT2D eigenvalue weighted by Crippen LogP contribution is 2.42. The molecule has 0 unspecified atom stereocenters. The zero-order valence-electron chi connectivity index (χ0n) is 20.2. The summed E-state index contributed by atoms with van der Waals surface area (Å²) in [6.45, 7) is 4.88. The number of carbonyl (C=O) groups is 1. The molecule has 3 aromatic rings. The number of esters is 1. The number of ether oxygens (including phenoxy) is 4. The molecule has 0 aromatic heterocycles. The molecule has 0 amide bonds. The fraction of sp³-hybridized carbons (Fsp3) is 0.345. The van der Waals surface area contributed by atoms with Gasteiger partial charge in [0.1, 0.15) is 0 Å². The Morgan fingerprint density at radius 2 is 1.68 bits per heavy atom. The van der Waals surface area contributed by atoms with E-state index < -0.39 is 0 Å². The maximum absolute atomic E-state index is 12.9. The number of rotatable bonds is 8. The minimum atomic E-state index is -0.301. The Balaban J connectivity index is 1.58. The zero-order valence-corrected chi connectivity index (χ0v) is 20.2. The van der Waals surface area contributed by atoms with Gasteiger partial charge in [-0.25, -0.2) is 4.79 Å². The van der Waals surface area contributed by atoms with Crippen molar-refractivity contribution in [1.29, 1.82) is 0 Å². The largest absolute Gasteiger partial charge is 0.493 e. The van der Waals surface area contributed by atoms with Crippen molar-refractivity contribution < 1.29 is 23.7 Å². The molecule has 1 aliphatic heterocycles. The second-order valence-corrected chi connectivity index (χ2v) is 8.90. The van der Waals surface area contributed by atoms with E-state index in [-0.39, 0.29) is 30.5 Å². The molecule has 0 N–H and O–H groups in total. The predicted molar refractivity (Wildman–Crippen MR) is 132 cm³/mol. The van der Waals surface area contributed by atoms with Crippen molar-refractivity contribution in [3.8, 4) is 11.5 Å². The molecule has 0 radical (unpaired) electrons. The lowest BCUT2D eigenvalue weighted by molar-refractivity contribution is 0.0289. The molecule has 0 aliphatic carbocycles. The van der Waals surface area contributed by atoms with Gasteiger partial charge in [-0.3, -0.25) is 0 Å². The summed E-state index contributed by atoms with van der Waals surface area (Å²) in [5.74, 6) is 1.24. The van der Waals surface area contributed by atoms with Gasteiger partial charge in [0.05, 0.1) is 39.1 Å². The molecule has 4 rings (SSSR count). The Hall–Kier alpha value is -3.31. The molecule has 178 valence electrons. The SMILES string of the molecule is COc1ccc([C@H]2OC[C@H](Cc3ccc(C)cc3)[C@@H]2COC(=O)c2ccccc2C)cc1OC. The first-order chi connectivity index (χ1) is 16.5. The highest BCUT2D eigenvalue weighted by molar-refractivity contribution is 5.90. The van der Waals surface area contributed by atoms with Crippen molar-refractivity contribution in [3.63, 3.8) is 0 Å². The second-order valence-electron chi connectivity index (χ2n) is 8.90. The Labute approximate surface area is 201 Å². The van der Waals surface area contributed by atoms with Gasteiger partial charge in [-0.05, 0) is 61.1 Å². The predicted octanol–water partition coefficient (Wildman–Crippen LogP) is 5.72. The third-order valence-electron chi connectivity index (χ3n) is 6.61. The third-order valence-corrected chi connectivity index (χ3v) is 6.61. The monoisotopic (exact) mass is 460 g/mol. The van der Waals surface area contributed by atoms with Gasteiger partial charge in [0.2, 0.25) is 0 Å². The smallest absolute Gasteiger partial charge is 0.338 e. The van der Waals surface area contributed by atoms with Crippen molar-refractivity contribution in [3.05, 3.63) is 94.5 Å². The summed E-state index contributed by atoms with van der Waals surface area (Å²) in [4.78, 5) is 12.9. The molecule has 0 bridgehead atoms. The quantitative estimate of drug-likeness (QED) is 0.402. The van der Waals surface area contributed by atoms with E-state index in [1.165, 1.54) is 11.1 Å². The lowest BCUT2D eigenvalue weighted by Crippen LogP contribution is -2.24. The molecular formula is C29H32O5. The first kappa shape index (κ1) is 23.8. The van der Waals surface area contributed by atoms with Gasteiger partial charge in [0.25, 0.3) is 0 Å². The molecule has 0 saturated carbocycles. The summed E-state index contributed by atoms with van der Waals surface area (Å²) in [6, 6.07) is 21.9. The average molecular weight is 461 g/mol. The van der Waals surface area contributed by atoms with Gasteiger partial charge >= 0.3 is 5.97 Å². The number of hydrogen-bond acceptors (Lipinski definition) is 5. The van der Waals surface area contributed by atoms with Crippen LogP contribution >= 0.6 is 0 Å². The van der Waals surface area contributed by atoms with E-state index >= 15 is 0 Å². The van der Waals surface area contributed by atoms with Crippen LogP contribution in [0.5, 0.6) is 11.5 Å². The van der Waals surface area contributed by atoms with Gasteiger partial charge in [0, 0.05) is 5.92 Å². The van der Waals surface area contributed by atoms with Gasteiger partial charge < -0.3 is 18.9 Å². The number of benzene rings is 3. The van der Waals surface area contributed by atoms with Crippen LogP contribution in [0.2, 0.25) is 0 Å². The maximum atomic E-state index is 12.9. The van der Waals surface area contributed by atoms with Crippen molar-refractivity contribution in [2.24, 2.45) is 11.8 Å². The molecule has 5 nitrogen and oxygen atoms in total. The molecule has 1 fully saturated rings. The van der Waals surface area contributed by atoms with Crippen molar-refractivity contribution in [2.75, 3.05) is 27.4 Å². The van der Waals surface area contributed by atoms with Crippen LogP contribution in [0.25, 0.3) is 0 Å². The Morgan fingerprint density at radius 3 is 2.38 bits per heavy atom. The number of hydrogen-bond donors (Lipinski definition) is 0. The third kappa shape index (κ3) is 5.26. The van der Waals surface area contributed by atoms with Crippen LogP contribution in [-0.4, -0.2) is 33.4 Å². The van der Waals surface area contributed by atoms with Crippen LogP contribution in [0, 0.1) is 25.7 Å². The summed E-state index contributed by atoms with van der Waals surface area (Å²) in [7, 11) is 3.24. The molecule has 1 saturated heterocycles. The maximum Gasteiger partial charge on any atom is 0.338 e. The van der Waals surface area contributed by atoms with Gasteiger partial charge in [-0.15, -0.1) is 0 Å². The standard InChI is InChI=1S/C29H32O5/c1-19-9-11-21(12-10-19)15-23-17-33-28(22-13-14-26(31-3)27(16-22)32-4)25(23)18-34-29(30)24-8-6-5-7-20(24)2/h5-14,16,23,25,28H,15,17-18H2,1-4H3/t23-,25-,28+/m0/s1.